The number of ether oxygens (including phenoxy) is 2. The summed E-state index contributed by atoms with van der Waals surface area (Å²) in [7, 11) is 0. The molecule has 0 radical (unpaired) electrons. The molecule has 0 atom stereocenters. The number of hydrogen-bond acceptors (Lipinski definition) is 7. The van der Waals surface area contributed by atoms with Crippen molar-refractivity contribution in [1.29, 1.82) is 0 Å². The Kier molecular flexibility index (Phi) is 5.50. The Bertz CT molecular complexity index is 1340. The van der Waals surface area contributed by atoms with Crippen molar-refractivity contribution < 1.29 is 14.3 Å². The van der Waals surface area contributed by atoms with E-state index in [2.05, 4.69) is 9.88 Å². The summed E-state index contributed by atoms with van der Waals surface area (Å²) in [5.74, 6) is 1.49. The van der Waals surface area contributed by atoms with Crippen molar-refractivity contribution in [2.45, 2.75) is 6.42 Å². The monoisotopic (exact) mass is 472 g/mol. The van der Waals surface area contributed by atoms with Gasteiger partial charge in [-0.15, -0.1) is 11.3 Å². The maximum Gasteiger partial charge on any atom is 0.254 e. The highest BCUT2D eigenvalue weighted by molar-refractivity contribution is 7.13. The molecule has 172 valence electrons. The number of aromatic nitrogens is 2. The molecular formula is C26H24N4O3S. The molecule has 2 aliphatic heterocycles. The van der Waals surface area contributed by atoms with E-state index in [1.807, 2.05) is 65.0 Å². The zero-order chi connectivity index (χ0) is 22.9. The van der Waals surface area contributed by atoms with Crippen LogP contribution < -0.4 is 14.4 Å². The third-order valence-electron chi connectivity index (χ3n) is 6.26. The summed E-state index contributed by atoms with van der Waals surface area (Å²) in [4.78, 5) is 27.3. The average molecular weight is 473 g/mol. The Hall–Kier alpha value is -3.65. The van der Waals surface area contributed by atoms with Crippen LogP contribution in [0.25, 0.3) is 22.2 Å². The smallest absolute Gasteiger partial charge is 0.254 e. The lowest BCUT2D eigenvalue weighted by molar-refractivity contribution is 0.0769. The van der Waals surface area contributed by atoms with Crippen molar-refractivity contribution in [3.05, 3.63) is 65.7 Å². The number of pyridine rings is 1. The average Bonchev–Trinajstić information content (AvgIpc) is 3.32. The van der Waals surface area contributed by atoms with Gasteiger partial charge < -0.3 is 19.3 Å². The predicted molar refractivity (Wildman–Crippen MR) is 133 cm³/mol. The molecular weight excluding hydrogens is 448 g/mol. The third kappa shape index (κ3) is 3.94. The number of benzene rings is 2. The molecule has 0 bridgehead atoms. The summed E-state index contributed by atoms with van der Waals surface area (Å²) in [6, 6.07) is 15.6. The van der Waals surface area contributed by atoms with E-state index in [4.69, 9.17) is 14.5 Å². The van der Waals surface area contributed by atoms with E-state index in [-0.39, 0.29) is 5.91 Å². The topological polar surface area (TPSA) is 67.8 Å². The fourth-order valence-electron chi connectivity index (χ4n) is 4.56. The van der Waals surface area contributed by atoms with Crippen LogP contribution in [0.2, 0.25) is 0 Å². The van der Waals surface area contributed by atoms with Gasteiger partial charge in [-0.1, -0.05) is 18.2 Å². The van der Waals surface area contributed by atoms with Crippen molar-refractivity contribution in [1.82, 2.24) is 14.9 Å². The molecule has 1 amide bonds. The molecule has 4 heterocycles. The fraction of sp³-hybridized carbons (Fsp3) is 0.269. The van der Waals surface area contributed by atoms with E-state index in [9.17, 15) is 4.79 Å². The first-order valence-electron chi connectivity index (χ1n) is 11.5. The number of rotatable bonds is 3. The Balaban J connectivity index is 1.34. The number of thiazole rings is 1. The number of anilines is 1. The van der Waals surface area contributed by atoms with Crippen LogP contribution >= 0.6 is 11.3 Å². The fourth-order valence-corrected chi connectivity index (χ4v) is 5.25. The van der Waals surface area contributed by atoms with E-state index in [0.717, 1.165) is 59.1 Å². The highest BCUT2D eigenvalue weighted by Gasteiger charge is 2.24. The molecule has 0 aliphatic carbocycles. The Labute approximate surface area is 201 Å². The van der Waals surface area contributed by atoms with Gasteiger partial charge in [0.25, 0.3) is 5.91 Å². The zero-order valence-corrected chi connectivity index (χ0v) is 19.5. The quantitative estimate of drug-likeness (QED) is 0.438. The first-order valence-corrected chi connectivity index (χ1v) is 12.4. The van der Waals surface area contributed by atoms with Crippen molar-refractivity contribution >= 4 is 33.3 Å². The number of fused-ring (bicyclic) bond motifs is 2. The molecule has 2 aromatic heterocycles. The second kappa shape index (κ2) is 8.95. The molecule has 8 heteroatoms. The van der Waals surface area contributed by atoms with Gasteiger partial charge in [0, 0.05) is 48.7 Å². The van der Waals surface area contributed by atoms with Crippen molar-refractivity contribution in [2.75, 3.05) is 44.3 Å². The molecule has 2 aromatic carbocycles. The van der Waals surface area contributed by atoms with E-state index in [0.29, 0.717) is 31.1 Å². The first-order chi connectivity index (χ1) is 16.8. The molecule has 34 heavy (non-hydrogen) atoms. The highest BCUT2D eigenvalue weighted by atomic mass is 32.1. The Morgan fingerprint density at radius 3 is 2.71 bits per heavy atom. The molecule has 0 N–H and O–H groups in total. The predicted octanol–water partition coefficient (Wildman–Crippen LogP) is 4.48. The summed E-state index contributed by atoms with van der Waals surface area (Å²) in [6.07, 6.45) is 2.74. The zero-order valence-electron chi connectivity index (χ0n) is 18.6. The number of nitrogens with zero attached hydrogens (tertiary/aromatic N) is 4. The second-order valence-corrected chi connectivity index (χ2v) is 9.25. The Morgan fingerprint density at radius 1 is 0.941 bits per heavy atom. The van der Waals surface area contributed by atoms with Crippen LogP contribution in [0.3, 0.4) is 0 Å². The number of amides is 1. The van der Waals surface area contributed by atoms with Gasteiger partial charge in [0.2, 0.25) is 0 Å². The van der Waals surface area contributed by atoms with Crippen LogP contribution in [0.1, 0.15) is 16.8 Å². The van der Waals surface area contributed by atoms with Crippen LogP contribution in [0, 0.1) is 0 Å². The summed E-state index contributed by atoms with van der Waals surface area (Å²) >= 11 is 1.64. The van der Waals surface area contributed by atoms with Crippen molar-refractivity contribution in [2.24, 2.45) is 0 Å². The summed E-state index contributed by atoms with van der Waals surface area (Å²) < 4.78 is 11.4. The lowest BCUT2D eigenvalue weighted by Crippen LogP contribution is -2.35. The van der Waals surface area contributed by atoms with Gasteiger partial charge in [0.1, 0.15) is 13.2 Å². The van der Waals surface area contributed by atoms with Gasteiger partial charge in [-0.05, 0) is 36.8 Å². The van der Waals surface area contributed by atoms with E-state index >= 15 is 0 Å². The van der Waals surface area contributed by atoms with Gasteiger partial charge in [-0.3, -0.25) is 4.79 Å². The van der Waals surface area contributed by atoms with Gasteiger partial charge in [-0.25, -0.2) is 9.97 Å². The third-order valence-corrected chi connectivity index (χ3v) is 7.09. The largest absolute Gasteiger partial charge is 0.486 e. The molecule has 1 fully saturated rings. The summed E-state index contributed by atoms with van der Waals surface area (Å²) in [6.45, 7) is 4.13. The lowest BCUT2D eigenvalue weighted by Gasteiger charge is -2.23. The maximum absolute atomic E-state index is 13.8. The van der Waals surface area contributed by atoms with Crippen LogP contribution in [-0.4, -0.2) is 60.2 Å². The van der Waals surface area contributed by atoms with E-state index in [1.54, 1.807) is 11.3 Å². The van der Waals surface area contributed by atoms with Gasteiger partial charge in [0.15, 0.2) is 16.6 Å². The molecule has 7 nitrogen and oxygen atoms in total. The molecule has 0 saturated carbocycles. The Morgan fingerprint density at radius 2 is 1.82 bits per heavy atom. The second-order valence-electron chi connectivity index (χ2n) is 8.38. The number of para-hydroxylation sites is 1. The van der Waals surface area contributed by atoms with E-state index in [1.165, 1.54) is 0 Å². The van der Waals surface area contributed by atoms with Crippen molar-refractivity contribution in [3.63, 3.8) is 0 Å². The van der Waals surface area contributed by atoms with Gasteiger partial charge in [0.05, 0.1) is 16.8 Å². The lowest BCUT2D eigenvalue weighted by atomic mass is 10.0. The minimum Gasteiger partial charge on any atom is -0.486 e. The number of hydrogen-bond donors (Lipinski definition) is 0. The normalized spacial score (nSPS) is 15.9. The van der Waals surface area contributed by atoms with Crippen molar-refractivity contribution in [3.8, 4) is 22.8 Å². The number of carbonyl (C=O) groups excluding carboxylic acids is 1. The van der Waals surface area contributed by atoms with Crippen LogP contribution in [0.5, 0.6) is 11.5 Å². The maximum atomic E-state index is 13.8. The minimum absolute atomic E-state index is 0.0402. The van der Waals surface area contributed by atoms with Crippen LogP contribution in [0.4, 0.5) is 5.13 Å². The van der Waals surface area contributed by atoms with Gasteiger partial charge in [-0.2, -0.15) is 0 Å². The molecule has 1 saturated heterocycles. The first kappa shape index (κ1) is 20.9. The van der Waals surface area contributed by atoms with Gasteiger partial charge >= 0.3 is 0 Å². The molecule has 0 spiro atoms. The van der Waals surface area contributed by atoms with Crippen LogP contribution in [-0.2, 0) is 0 Å². The SMILES string of the molecule is O=C(c1cc(-c2ccc3c(c2)OCCO3)nc2ccccc12)N1CCCN(c2nccs2)CC1. The minimum atomic E-state index is 0.0402. The molecule has 4 aromatic rings. The highest BCUT2D eigenvalue weighted by Crippen LogP contribution is 2.35. The summed E-state index contributed by atoms with van der Waals surface area (Å²) in [5, 5.41) is 3.88. The molecule has 2 aliphatic rings. The molecule has 0 unspecified atom stereocenters. The summed E-state index contributed by atoms with van der Waals surface area (Å²) in [5.41, 5.74) is 3.13. The van der Waals surface area contributed by atoms with Crippen LogP contribution in [0.15, 0.2) is 60.1 Å². The van der Waals surface area contributed by atoms with E-state index < -0.39 is 0 Å². The number of carbonyl (C=O) groups is 1. The standard InChI is InChI=1S/C26H24N4O3S/c31-25(29-9-3-10-30(12-11-29)26-27-8-15-34-26)20-17-22(28-21-5-2-1-4-19(20)21)18-6-7-23-24(16-18)33-14-13-32-23/h1-2,4-8,15-17H,3,9-14H2. The molecule has 6 rings (SSSR count).